The van der Waals surface area contributed by atoms with Crippen molar-refractivity contribution in [3.05, 3.63) is 11.6 Å². The summed E-state index contributed by atoms with van der Waals surface area (Å²) in [5, 5.41) is 0. The zero-order valence-corrected chi connectivity index (χ0v) is 6.59. The molecule has 0 aromatic heterocycles. The lowest BCUT2D eigenvalue weighted by Gasteiger charge is -1.94. The summed E-state index contributed by atoms with van der Waals surface area (Å²) in [5.74, 6) is -0.459. The third-order valence-electron chi connectivity index (χ3n) is 1.46. The zero-order valence-electron chi connectivity index (χ0n) is 6.59. The number of esters is 1. The van der Waals surface area contributed by atoms with Crippen LogP contribution in [0.15, 0.2) is 11.6 Å². The summed E-state index contributed by atoms with van der Waals surface area (Å²) in [6.07, 6.45) is 1.82. The summed E-state index contributed by atoms with van der Waals surface area (Å²) in [4.78, 5) is 21.4. The Morgan fingerprint density at radius 3 is 2.73 bits per heavy atom. The number of allylic oxidation sites excluding steroid dienone is 1. The van der Waals surface area contributed by atoms with Crippen LogP contribution in [0.5, 0.6) is 0 Å². The van der Waals surface area contributed by atoms with Crippen molar-refractivity contribution in [2.45, 2.75) is 26.4 Å². The van der Waals surface area contributed by atoms with Crippen molar-refractivity contribution in [2.75, 3.05) is 0 Å². The normalized spacial score (nSPS) is 27.3. The fraction of sp³-hybridized carbons (Fsp3) is 0.500. The van der Waals surface area contributed by atoms with Crippen molar-refractivity contribution in [3.8, 4) is 0 Å². The van der Waals surface area contributed by atoms with Crippen LogP contribution in [0.2, 0.25) is 0 Å². The maximum atomic E-state index is 10.9. The molecule has 0 aliphatic carbocycles. The smallest absolute Gasteiger partial charge is 0.334 e. The van der Waals surface area contributed by atoms with E-state index in [1.165, 1.54) is 13.0 Å². The summed E-state index contributed by atoms with van der Waals surface area (Å²) < 4.78 is 4.82. The van der Waals surface area contributed by atoms with Gasteiger partial charge < -0.3 is 4.74 Å². The van der Waals surface area contributed by atoms with Gasteiger partial charge in [0.15, 0.2) is 5.78 Å². The van der Waals surface area contributed by atoms with E-state index in [0.29, 0.717) is 12.0 Å². The molecule has 1 unspecified atom stereocenters. The molecule has 0 radical (unpaired) electrons. The quantitative estimate of drug-likeness (QED) is 0.415. The summed E-state index contributed by atoms with van der Waals surface area (Å²) in [6.45, 7) is 3.22. The zero-order chi connectivity index (χ0) is 8.43. The van der Waals surface area contributed by atoms with Crippen LogP contribution in [0, 0.1) is 0 Å². The van der Waals surface area contributed by atoms with E-state index in [-0.39, 0.29) is 17.9 Å². The van der Waals surface area contributed by atoms with E-state index in [1.807, 2.05) is 0 Å². The van der Waals surface area contributed by atoms with Crippen LogP contribution in [0.4, 0.5) is 0 Å². The molecule has 0 saturated carbocycles. The highest BCUT2D eigenvalue weighted by atomic mass is 16.5. The standard InChI is InChI=1S/C8H10O3/c1-5(9)3-7-4-6(2)11-8(7)10/h3,6H,4H2,1-2H3. The third-order valence-corrected chi connectivity index (χ3v) is 1.46. The number of carbonyl (C=O) groups excluding carboxylic acids is 2. The molecular weight excluding hydrogens is 144 g/mol. The van der Waals surface area contributed by atoms with Crippen LogP contribution < -0.4 is 0 Å². The lowest BCUT2D eigenvalue weighted by Crippen LogP contribution is -2.00. The second-order valence-corrected chi connectivity index (χ2v) is 2.70. The molecular formula is C8H10O3. The first-order valence-electron chi connectivity index (χ1n) is 3.51. The molecule has 1 atom stereocenters. The Morgan fingerprint density at radius 1 is 1.73 bits per heavy atom. The Morgan fingerprint density at radius 2 is 2.36 bits per heavy atom. The average molecular weight is 154 g/mol. The second kappa shape index (κ2) is 2.86. The van der Waals surface area contributed by atoms with Gasteiger partial charge in [-0.15, -0.1) is 0 Å². The van der Waals surface area contributed by atoms with Gasteiger partial charge in [0.05, 0.1) is 0 Å². The molecule has 1 saturated heterocycles. The summed E-state index contributed by atoms with van der Waals surface area (Å²) >= 11 is 0. The van der Waals surface area contributed by atoms with Gasteiger partial charge in [-0.05, 0) is 19.9 Å². The van der Waals surface area contributed by atoms with Crippen LogP contribution in [-0.4, -0.2) is 17.9 Å². The Hall–Kier alpha value is -1.12. The highest BCUT2D eigenvalue weighted by molar-refractivity contribution is 5.99. The molecule has 1 aliphatic heterocycles. The molecule has 0 aromatic rings. The highest BCUT2D eigenvalue weighted by Gasteiger charge is 2.25. The summed E-state index contributed by atoms with van der Waals surface area (Å²) in [5.41, 5.74) is 0.491. The summed E-state index contributed by atoms with van der Waals surface area (Å²) in [6, 6.07) is 0. The van der Waals surface area contributed by atoms with Crippen molar-refractivity contribution >= 4 is 11.8 Å². The van der Waals surface area contributed by atoms with E-state index >= 15 is 0 Å². The van der Waals surface area contributed by atoms with Gasteiger partial charge in [-0.3, -0.25) is 4.79 Å². The second-order valence-electron chi connectivity index (χ2n) is 2.70. The molecule has 1 aliphatic rings. The number of ether oxygens (including phenoxy) is 1. The molecule has 0 N–H and O–H groups in total. The maximum absolute atomic E-state index is 10.9. The molecule has 3 nitrogen and oxygen atoms in total. The van der Waals surface area contributed by atoms with Crippen molar-refractivity contribution in [1.82, 2.24) is 0 Å². The monoisotopic (exact) mass is 154 g/mol. The average Bonchev–Trinajstić information content (AvgIpc) is 2.09. The van der Waals surface area contributed by atoms with E-state index in [2.05, 4.69) is 0 Å². The SMILES string of the molecule is CC(=O)C=C1CC(C)OC1=O. The van der Waals surface area contributed by atoms with E-state index in [0.717, 1.165) is 0 Å². The largest absolute Gasteiger partial charge is 0.459 e. The minimum Gasteiger partial charge on any atom is -0.459 e. The fourth-order valence-electron chi connectivity index (χ4n) is 1.06. The molecule has 60 valence electrons. The van der Waals surface area contributed by atoms with E-state index in [4.69, 9.17) is 4.74 Å². The van der Waals surface area contributed by atoms with Crippen molar-refractivity contribution in [1.29, 1.82) is 0 Å². The maximum Gasteiger partial charge on any atom is 0.334 e. The predicted octanol–water partition coefficient (Wildman–Crippen LogP) is 0.837. The van der Waals surface area contributed by atoms with Gasteiger partial charge in [0, 0.05) is 12.0 Å². The first kappa shape index (κ1) is 7.98. The molecule has 3 heteroatoms. The lowest BCUT2D eigenvalue weighted by molar-refractivity contribution is -0.138. The molecule has 0 spiro atoms. The van der Waals surface area contributed by atoms with Gasteiger partial charge in [0.2, 0.25) is 0 Å². The van der Waals surface area contributed by atoms with Crippen LogP contribution in [0.25, 0.3) is 0 Å². The molecule has 1 rings (SSSR count). The van der Waals surface area contributed by atoms with Gasteiger partial charge >= 0.3 is 5.97 Å². The van der Waals surface area contributed by atoms with Crippen molar-refractivity contribution < 1.29 is 14.3 Å². The van der Waals surface area contributed by atoms with E-state index in [9.17, 15) is 9.59 Å². The van der Waals surface area contributed by atoms with Gasteiger partial charge in [0.25, 0.3) is 0 Å². The topological polar surface area (TPSA) is 43.4 Å². The number of carbonyl (C=O) groups is 2. The minimum absolute atomic E-state index is 0.0758. The van der Waals surface area contributed by atoms with Gasteiger partial charge in [-0.25, -0.2) is 4.79 Å². The number of hydrogen-bond donors (Lipinski definition) is 0. The van der Waals surface area contributed by atoms with E-state index in [1.54, 1.807) is 6.92 Å². The Balaban J connectivity index is 2.75. The van der Waals surface area contributed by atoms with Crippen LogP contribution >= 0.6 is 0 Å². The number of hydrogen-bond acceptors (Lipinski definition) is 3. The Bertz CT molecular complexity index is 227. The highest BCUT2D eigenvalue weighted by Crippen LogP contribution is 2.19. The summed E-state index contributed by atoms with van der Waals surface area (Å²) in [7, 11) is 0. The third kappa shape index (κ3) is 1.90. The van der Waals surface area contributed by atoms with Gasteiger partial charge in [-0.1, -0.05) is 0 Å². The molecule has 11 heavy (non-hydrogen) atoms. The Labute approximate surface area is 65.0 Å². The number of cyclic esters (lactones) is 1. The first-order chi connectivity index (χ1) is 5.09. The fourth-order valence-corrected chi connectivity index (χ4v) is 1.06. The first-order valence-corrected chi connectivity index (χ1v) is 3.51. The van der Waals surface area contributed by atoms with E-state index < -0.39 is 0 Å². The van der Waals surface area contributed by atoms with Crippen LogP contribution in [-0.2, 0) is 14.3 Å². The number of rotatable bonds is 1. The Kier molecular flexibility index (Phi) is 2.08. The lowest BCUT2D eigenvalue weighted by atomic mass is 10.1. The predicted molar refractivity (Wildman–Crippen MR) is 38.9 cm³/mol. The molecule has 0 amide bonds. The van der Waals surface area contributed by atoms with Crippen LogP contribution in [0.1, 0.15) is 20.3 Å². The van der Waals surface area contributed by atoms with Crippen molar-refractivity contribution in [2.24, 2.45) is 0 Å². The molecule has 0 bridgehead atoms. The van der Waals surface area contributed by atoms with Gasteiger partial charge in [-0.2, -0.15) is 0 Å². The van der Waals surface area contributed by atoms with Gasteiger partial charge in [0.1, 0.15) is 6.10 Å². The minimum atomic E-state index is -0.354. The molecule has 0 aromatic carbocycles. The molecule has 1 fully saturated rings. The van der Waals surface area contributed by atoms with Crippen LogP contribution in [0.3, 0.4) is 0 Å². The van der Waals surface area contributed by atoms with Crippen molar-refractivity contribution in [3.63, 3.8) is 0 Å². The molecule has 1 heterocycles. The number of ketones is 1.